The van der Waals surface area contributed by atoms with Crippen LogP contribution in [0.25, 0.3) is 11.3 Å². The summed E-state index contributed by atoms with van der Waals surface area (Å²) >= 11 is 7.23. The van der Waals surface area contributed by atoms with Crippen molar-refractivity contribution in [3.8, 4) is 11.3 Å². The number of halogens is 2. The Balaban J connectivity index is 0.00000112. The zero-order chi connectivity index (χ0) is 10.1. The lowest BCUT2D eigenvalue weighted by atomic mass is 10.2. The normalized spacial score (nSPS) is 9.73. The number of hydrogen-bond acceptors (Lipinski definition) is 2. The van der Waals surface area contributed by atoms with Crippen LogP contribution in [0.3, 0.4) is 0 Å². The molecule has 0 saturated heterocycles. The fraction of sp³-hybridized carbons (Fsp3) is 0.100. The summed E-state index contributed by atoms with van der Waals surface area (Å²) in [4.78, 5) is 0.551. The first-order chi connectivity index (χ1) is 6.68. The second-order valence-corrected chi connectivity index (χ2v) is 4.29. The molecule has 0 fully saturated rings. The molecule has 1 aromatic heterocycles. The summed E-state index contributed by atoms with van der Waals surface area (Å²) in [7, 11) is 1.89. The first-order valence-electron chi connectivity index (χ1n) is 4.13. The summed E-state index contributed by atoms with van der Waals surface area (Å²) in [6.07, 6.45) is 0. The van der Waals surface area contributed by atoms with Crippen molar-refractivity contribution in [2.24, 2.45) is 7.05 Å². The van der Waals surface area contributed by atoms with Gasteiger partial charge in [0.2, 0.25) is 0 Å². The molecular weight excluding hydrogens is 343 g/mol. The maximum absolute atomic E-state index is 7.59. The molecule has 2 aromatic rings. The van der Waals surface area contributed by atoms with Crippen LogP contribution in [0.5, 0.6) is 0 Å². The van der Waals surface area contributed by atoms with Gasteiger partial charge in [-0.25, -0.2) is 0 Å². The Bertz CT molecular complexity index is 501. The third-order valence-electron chi connectivity index (χ3n) is 2.09. The minimum Gasteiger partial charge on any atom is -0.320 e. The summed E-state index contributed by atoms with van der Waals surface area (Å²) in [5, 5.41) is 10.3. The van der Waals surface area contributed by atoms with Crippen molar-refractivity contribution in [2.45, 2.75) is 0 Å². The molecule has 0 amide bonds. The van der Waals surface area contributed by atoms with Gasteiger partial charge >= 0.3 is 0 Å². The van der Waals surface area contributed by atoms with Crippen molar-refractivity contribution in [1.82, 2.24) is 4.57 Å². The van der Waals surface area contributed by atoms with E-state index in [1.54, 1.807) is 0 Å². The van der Waals surface area contributed by atoms with Gasteiger partial charge in [0.15, 0.2) is 4.80 Å². The Morgan fingerprint density at radius 2 is 1.87 bits per heavy atom. The number of hydrogen-bond donors (Lipinski definition) is 1. The molecule has 0 bridgehead atoms. The maximum atomic E-state index is 7.59. The average Bonchev–Trinajstić information content (AvgIpc) is 2.50. The van der Waals surface area contributed by atoms with E-state index in [0.29, 0.717) is 4.80 Å². The summed E-state index contributed by atoms with van der Waals surface area (Å²) in [6, 6.07) is 7.64. The number of benzene rings is 1. The number of aromatic nitrogens is 1. The zero-order valence-corrected chi connectivity index (χ0v) is 11.9. The lowest BCUT2D eigenvalue weighted by Gasteiger charge is -2.01. The van der Waals surface area contributed by atoms with E-state index in [1.165, 1.54) is 11.3 Å². The van der Waals surface area contributed by atoms with E-state index in [0.717, 1.165) is 16.3 Å². The van der Waals surface area contributed by atoms with E-state index in [1.807, 2.05) is 41.3 Å². The topological polar surface area (TPSA) is 28.8 Å². The smallest absolute Gasteiger partial charge is 0.182 e. The van der Waals surface area contributed by atoms with Crippen LogP contribution >= 0.6 is 46.9 Å². The van der Waals surface area contributed by atoms with Crippen LogP contribution in [-0.4, -0.2) is 4.57 Å². The molecule has 1 aromatic carbocycles. The third-order valence-corrected chi connectivity index (χ3v) is 3.18. The fourth-order valence-corrected chi connectivity index (χ4v) is 2.16. The molecule has 0 radical (unpaired) electrons. The van der Waals surface area contributed by atoms with Gasteiger partial charge in [-0.3, -0.25) is 5.41 Å². The van der Waals surface area contributed by atoms with Crippen molar-refractivity contribution >= 4 is 46.9 Å². The maximum Gasteiger partial charge on any atom is 0.182 e. The zero-order valence-electron chi connectivity index (χ0n) is 8.03. The number of thiazole rings is 1. The molecule has 0 atom stereocenters. The molecule has 1 N–H and O–H groups in total. The molecule has 1 heterocycles. The standard InChI is InChI=1S/C10H9ClN2S.HI/c1-13-9(6-14-10(13)12)7-2-4-8(11)5-3-7;/h2-6,12H,1H3;1H. The summed E-state index contributed by atoms with van der Waals surface area (Å²) in [5.41, 5.74) is 2.14. The van der Waals surface area contributed by atoms with Gasteiger partial charge in [-0.15, -0.1) is 35.3 Å². The second-order valence-electron chi connectivity index (χ2n) is 2.99. The predicted molar refractivity (Wildman–Crippen MR) is 75.0 cm³/mol. The molecule has 0 unspecified atom stereocenters. The van der Waals surface area contributed by atoms with Crippen molar-refractivity contribution in [2.75, 3.05) is 0 Å². The predicted octanol–water partition coefficient (Wildman–Crippen LogP) is 3.50. The van der Waals surface area contributed by atoms with Gasteiger partial charge in [-0.05, 0) is 17.7 Å². The highest BCUT2D eigenvalue weighted by Crippen LogP contribution is 2.20. The van der Waals surface area contributed by atoms with Gasteiger partial charge < -0.3 is 4.57 Å². The molecule has 0 aliphatic rings. The van der Waals surface area contributed by atoms with E-state index in [9.17, 15) is 0 Å². The monoisotopic (exact) mass is 352 g/mol. The summed E-state index contributed by atoms with van der Waals surface area (Å²) < 4.78 is 1.86. The van der Waals surface area contributed by atoms with E-state index < -0.39 is 0 Å². The van der Waals surface area contributed by atoms with E-state index in [-0.39, 0.29) is 24.0 Å². The van der Waals surface area contributed by atoms with Crippen LogP contribution in [0.4, 0.5) is 0 Å². The molecule has 0 aliphatic carbocycles. The van der Waals surface area contributed by atoms with Crippen LogP contribution in [0.15, 0.2) is 29.6 Å². The summed E-state index contributed by atoms with van der Waals surface area (Å²) in [5.74, 6) is 0. The lowest BCUT2D eigenvalue weighted by Crippen LogP contribution is -2.08. The molecular formula is C10H10ClIN2S. The Morgan fingerprint density at radius 1 is 1.27 bits per heavy atom. The largest absolute Gasteiger partial charge is 0.320 e. The van der Waals surface area contributed by atoms with Crippen molar-refractivity contribution in [3.05, 3.63) is 39.5 Å². The van der Waals surface area contributed by atoms with Crippen LogP contribution in [-0.2, 0) is 7.05 Å². The van der Waals surface area contributed by atoms with Gasteiger partial charge in [0.1, 0.15) is 0 Å². The molecule has 2 rings (SSSR count). The Kier molecular flexibility index (Phi) is 4.36. The first kappa shape index (κ1) is 12.7. The molecule has 0 saturated carbocycles. The van der Waals surface area contributed by atoms with Crippen molar-refractivity contribution in [3.63, 3.8) is 0 Å². The SMILES string of the molecule is Cn1c(-c2ccc(Cl)cc2)csc1=N.I. The summed E-state index contributed by atoms with van der Waals surface area (Å²) in [6.45, 7) is 0. The number of rotatable bonds is 1. The van der Waals surface area contributed by atoms with Gasteiger partial charge in [0, 0.05) is 17.5 Å². The molecule has 0 spiro atoms. The minimum atomic E-state index is 0. The molecule has 2 nitrogen and oxygen atoms in total. The lowest BCUT2D eigenvalue weighted by molar-refractivity contribution is 0.866. The first-order valence-corrected chi connectivity index (χ1v) is 5.39. The number of nitrogens with zero attached hydrogens (tertiary/aromatic N) is 1. The second kappa shape index (κ2) is 5.14. The van der Waals surface area contributed by atoms with Crippen LogP contribution in [0.1, 0.15) is 0 Å². The van der Waals surface area contributed by atoms with Gasteiger partial charge in [-0.2, -0.15) is 0 Å². The van der Waals surface area contributed by atoms with E-state index >= 15 is 0 Å². The van der Waals surface area contributed by atoms with Crippen LogP contribution in [0.2, 0.25) is 5.02 Å². The fourth-order valence-electron chi connectivity index (χ4n) is 1.26. The third kappa shape index (κ3) is 2.62. The molecule has 0 aliphatic heterocycles. The van der Waals surface area contributed by atoms with E-state index in [4.69, 9.17) is 17.0 Å². The van der Waals surface area contributed by atoms with E-state index in [2.05, 4.69) is 0 Å². The van der Waals surface area contributed by atoms with Gasteiger partial charge in [-0.1, -0.05) is 23.7 Å². The molecule has 80 valence electrons. The molecule has 5 heteroatoms. The van der Waals surface area contributed by atoms with Gasteiger partial charge in [0.05, 0.1) is 5.69 Å². The Morgan fingerprint density at radius 3 is 2.33 bits per heavy atom. The minimum absolute atomic E-state index is 0. The van der Waals surface area contributed by atoms with Crippen molar-refractivity contribution < 1.29 is 0 Å². The van der Waals surface area contributed by atoms with Crippen LogP contribution < -0.4 is 4.80 Å². The average molecular weight is 353 g/mol. The Hall–Kier alpha value is -0.330. The number of nitrogens with one attached hydrogen (secondary N) is 1. The highest BCUT2D eigenvalue weighted by molar-refractivity contribution is 14.0. The quantitative estimate of drug-likeness (QED) is 0.761. The molecule has 15 heavy (non-hydrogen) atoms. The van der Waals surface area contributed by atoms with Crippen LogP contribution in [0, 0.1) is 5.41 Å². The highest BCUT2D eigenvalue weighted by atomic mass is 127. The van der Waals surface area contributed by atoms with Gasteiger partial charge in [0.25, 0.3) is 0 Å². The van der Waals surface area contributed by atoms with Crippen molar-refractivity contribution in [1.29, 1.82) is 5.41 Å². The Labute approximate surface area is 114 Å². The highest BCUT2D eigenvalue weighted by Gasteiger charge is 2.02.